The van der Waals surface area contributed by atoms with Crippen LogP contribution in [0.2, 0.25) is 10.0 Å². The largest absolute Gasteiger partial charge is 0.497 e. The van der Waals surface area contributed by atoms with E-state index in [1.807, 2.05) is 24.3 Å². The molecule has 1 aromatic heterocycles. The molecule has 2 amide bonds. The second-order valence-electron chi connectivity index (χ2n) is 8.79. The summed E-state index contributed by atoms with van der Waals surface area (Å²) in [5.74, 6) is 1.16. The minimum absolute atomic E-state index is 0.0277. The first kappa shape index (κ1) is 27.8. The van der Waals surface area contributed by atoms with E-state index in [1.54, 1.807) is 45.9 Å². The molecule has 0 fully saturated rings. The van der Waals surface area contributed by atoms with Crippen LogP contribution in [0.1, 0.15) is 21.7 Å². The molecule has 5 rings (SSSR count). The minimum Gasteiger partial charge on any atom is -0.497 e. The number of methoxy groups -OCH3 is 2. The van der Waals surface area contributed by atoms with E-state index in [9.17, 15) is 9.59 Å². The first-order valence-corrected chi connectivity index (χ1v) is 14.0. The summed E-state index contributed by atoms with van der Waals surface area (Å²) in [6.07, 6.45) is 0.828. The number of nitrogens with one attached hydrogen (secondary N) is 1. The van der Waals surface area contributed by atoms with Crippen molar-refractivity contribution in [3.05, 3.63) is 87.7 Å². The summed E-state index contributed by atoms with van der Waals surface area (Å²) in [5, 5.41) is 12.7. The molecule has 0 radical (unpaired) electrons. The SMILES string of the molecule is COc1ccc(C(=O)NCc2nnc(SCC(=O)N3CCc4ccccc43)n2-c2ccc(Cl)c(Cl)c2)c(OC)c1. The Bertz CT molecular complexity index is 1580. The molecule has 3 aromatic carbocycles. The fourth-order valence-corrected chi connectivity index (χ4v) is 5.57. The van der Waals surface area contributed by atoms with E-state index in [2.05, 4.69) is 15.5 Å². The molecule has 1 aliphatic heterocycles. The van der Waals surface area contributed by atoms with E-state index in [1.165, 1.54) is 26.0 Å². The number of hydrogen-bond donors (Lipinski definition) is 1. The molecule has 0 unspecified atom stereocenters. The third kappa shape index (κ3) is 5.74. The fourth-order valence-electron chi connectivity index (χ4n) is 4.43. The lowest BCUT2D eigenvalue weighted by Crippen LogP contribution is -2.30. The molecule has 1 aliphatic rings. The van der Waals surface area contributed by atoms with Crippen molar-refractivity contribution < 1.29 is 19.1 Å². The van der Waals surface area contributed by atoms with Gasteiger partial charge in [-0.15, -0.1) is 10.2 Å². The van der Waals surface area contributed by atoms with Crippen LogP contribution in [0.3, 0.4) is 0 Å². The zero-order chi connectivity index (χ0) is 28.2. The number of fused-ring (bicyclic) bond motifs is 1. The Balaban J connectivity index is 1.37. The lowest BCUT2D eigenvalue weighted by Gasteiger charge is -2.17. The highest BCUT2D eigenvalue weighted by Gasteiger charge is 2.25. The Kier molecular flexibility index (Phi) is 8.49. The number of halogens is 2. The number of benzene rings is 3. The highest BCUT2D eigenvalue weighted by molar-refractivity contribution is 7.99. The summed E-state index contributed by atoms with van der Waals surface area (Å²) in [7, 11) is 3.02. The quantitative estimate of drug-likeness (QED) is 0.265. The van der Waals surface area contributed by atoms with Crippen molar-refractivity contribution in [2.24, 2.45) is 0 Å². The van der Waals surface area contributed by atoms with Crippen LogP contribution >= 0.6 is 35.0 Å². The fraction of sp³-hybridized carbons (Fsp3) is 0.214. The zero-order valence-corrected chi connectivity index (χ0v) is 24.0. The summed E-state index contributed by atoms with van der Waals surface area (Å²) in [4.78, 5) is 28.0. The highest BCUT2D eigenvalue weighted by Crippen LogP contribution is 2.31. The maximum Gasteiger partial charge on any atom is 0.255 e. The first-order valence-electron chi connectivity index (χ1n) is 12.3. The molecule has 2 heterocycles. The van der Waals surface area contributed by atoms with Crippen molar-refractivity contribution in [1.29, 1.82) is 0 Å². The Morgan fingerprint density at radius 1 is 1.00 bits per heavy atom. The standard InChI is InChI=1S/C28H25Cl2N5O4S/c1-38-19-8-9-20(24(14-19)39-2)27(37)31-15-25-32-33-28(35(25)18-7-10-21(29)22(30)13-18)40-16-26(36)34-12-11-17-5-3-4-6-23(17)34/h3-10,13-14H,11-12,15-16H2,1-2H3,(H,31,37). The number of nitrogens with zero attached hydrogens (tertiary/aromatic N) is 4. The number of thioether (sulfide) groups is 1. The van der Waals surface area contributed by atoms with Gasteiger partial charge >= 0.3 is 0 Å². The molecule has 206 valence electrons. The van der Waals surface area contributed by atoms with E-state index in [4.69, 9.17) is 32.7 Å². The smallest absolute Gasteiger partial charge is 0.255 e. The molecule has 12 heteroatoms. The van der Waals surface area contributed by atoms with Gasteiger partial charge in [-0.1, -0.05) is 53.2 Å². The molecule has 0 atom stereocenters. The van der Waals surface area contributed by atoms with E-state index in [0.29, 0.717) is 50.3 Å². The minimum atomic E-state index is -0.361. The van der Waals surface area contributed by atoms with Crippen molar-refractivity contribution in [1.82, 2.24) is 20.1 Å². The molecular weight excluding hydrogens is 573 g/mol. The van der Waals surface area contributed by atoms with Gasteiger partial charge in [-0.05, 0) is 48.4 Å². The Morgan fingerprint density at radius 2 is 1.82 bits per heavy atom. The number of carbonyl (C=O) groups excluding carboxylic acids is 2. The van der Waals surface area contributed by atoms with Crippen LogP contribution in [0.5, 0.6) is 11.5 Å². The normalized spacial score (nSPS) is 12.2. The van der Waals surface area contributed by atoms with Gasteiger partial charge in [0.1, 0.15) is 11.5 Å². The molecule has 0 saturated carbocycles. The number of rotatable bonds is 9. The zero-order valence-electron chi connectivity index (χ0n) is 21.7. The average molecular weight is 599 g/mol. The molecular formula is C28H25Cl2N5O4S. The van der Waals surface area contributed by atoms with Crippen molar-refractivity contribution >= 4 is 52.5 Å². The predicted molar refractivity (Wildman–Crippen MR) is 155 cm³/mol. The van der Waals surface area contributed by atoms with Crippen LogP contribution in [0, 0.1) is 0 Å². The molecule has 1 N–H and O–H groups in total. The monoisotopic (exact) mass is 597 g/mol. The summed E-state index contributed by atoms with van der Waals surface area (Å²) in [6.45, 7) is 0.694. The van der Waals surface area contributed by atoms with E-state index < -0.39 is 0 Å². The molecule has 0 spiro atoms. The van der Waals surface area contributed by atoms with Gasteiger partial charge in [-0.3, -0.25) is 14.2 Å². The number of carbonyl (C=O) groups is 2. The van der Waals surface area contributed by atoms with Crippen LogP contribution in [0.25, 0.3) is 5.69 Å². The lowest BCUT2D eigenvalue weighted by atomic mass is 10.1. The number of hydrogen-bond acceptors (Lipinski definition) is 7. The average Bonchev–Trinajstić information content (AvgIpc) is 3.60. The van der Waals surface area contributed by atoms with Crippen LogP contribution in [0.4, 0.5) is 5.69 Å². The molecule has 9 nitrogen and oxygen atoms in total. The third-order valence-electron chi connectivity index (χ3n) is 6.44. The van der Waals surface area contributed by atoms with Crippen LogP contribution in [0.15, 0.2) is 65.8 Å². The number of aromatic nitrogens is 3. The number of anilines is 1. The van der Waals surface area contributed by atoms with Crippen LogP contribution < -0.4 is 19.7 Å². The Morgan fingerprint density at radius 3 is 2.60 bits per heavy atom. The second kappa shape index (κ2) is 12.2. The van der Waals surface area contributed by atoms with Crippen LogP contribution in [-0.2, 0) is 17.8 Å². The van der Waals surface area contributed by atoms with Gasteiger partial charge in [-0.25, -0.2) is 0 Å². The summed E-state index contributed by atoms with van der Waals surface area (Å²) < 4.78 is 12.3. The Hall–Kier alpha value is -3.73. The lowest BCUT2D eigenvalue weighted by molar-refractivity contribution is -0.116. The van der Waals surface area contributed by atoms with Crippen molar-refractivity contribution in [3.8, 4) is 17.2 Å². The number of amides is 2. The van der Waals surface area contributed by atoms with E-state index >= 15 is 0 Å². The van der Waals surface area contributed by atoms with Gasteiger partial charge in [0.2, 0.25) is 5.91 Å². The third-order valence-corrected chi connectivity index (χ3v) is 8.09. The Labute approximate surface area is 245 Å². The molecule has 40 heavy (non-hydrogen) atoms. The molecule has 4 aromatic rings. The van der Waals surface area contributed by atoms with E-state index in [0.717, 1.165) is 17.7 Å². The summed E-state index contributed by atoms with van der Waals surface area (Å²) in [5.41, 5.74) is 3.09. The van der Waals surface area contributed by atoms with Gasteiger partial charge in [0.05, 0.1) is 47.8 Å². The molecule has 0 saturated heterocycles. The number of para-hydroxylation sites is 1. The topological polar surface area (TPSA) is 98.6 Å². The highest BCUT2D eigenvalue weighted by atomic mass is 35.5. The number of ether oxygens (including phenoxy) is 2. The van der Waals surface area contributed by atoms with Gasteiger partial charge < -0.3 is 19.7 Å². The second-order valence-corrected chi connectivity index (χ2v) is 10.6. The van der Waals surface area contributed by atoms with Crippen molar-refractivity contribution in [2.45, 2.75) is 18.1 Å². The first-order chi connectivity index (χ1) is 19.4. The van der Waals surface area contributed by atoms with Crippen molar-refractivity contribution in [2.75, 3.05) is 31.4 Å². The van der Waals surface area contributed by atoms with E-state index in [-0.39, 0.29) is 24.1 Å². The maximum atomic E-state index is 13.1. The van der Waals surface area contributed by atoms with Crippen molar-refractivity contribution in [3.63, 3.8) is 0 Å². The van der Waals surface area contributed by atoms with Gasteiger partial charge in [0.15, 0.2) is 11.0 Å². The van der Waals surface area contributed by atoms with Gasteiger partial charge in [0, 0.05) is 18.3 Å². The predicted octanol–water partition coefficient (Wildman–Crippen LogP) is 5.20. The summed E-state index contributed by atoms with van der Waals surface area (Å²) >= 11 is 13.7. The van der Waals surface area contributed by atoms with Gasteiger partial charge in [0.25, 0.3) is 5.91 Å². The summed E-state index contributed by atoms with van der Waals surface area (Å²) in [6, 6.07) is 18.0. The maximum absolute atomic E-state index is 13.1. The van der Waals surface area contributed by atoms with Crippen LogP contribution in [-0.4, -0.2) is 53.1 Å². The van der Waals surface area contributed by atoms with Gasteiger partial charge in [-0.2, -0.15) is 0 Å². The molecule has 0 aliphatic carbocycles. The molecule has 0 bridgehead atoms.